The molecule has 7 heteroatoms. The number of carbonyl (C=O) groups excluding carboxylic acids is 1. The second-order valence-corrected chi connectivity index (χ2v) is 6.30. The summed E-state index contributed by atoms with van der Waals surface area (Å²) in [6.45, 7) is 0.516. The van der Waals surface area contributed by atoms with E-state index in [-0.39, 0.29) is 17.5 Å². The summed E-state index contributed by atoms with van der Waals surface area (Å²) in [7, 11) is 0. The Morgan fingerprint density at radius 3 is 2.83 bits per heavy atom. The number of H-pyrrole nitrogens is 1. The largest absolute Gasteiger partial charge is 0.399 e. The van der Waals surface area contributed by atoms with Crippen molar-refractivity contribution in [1.82, 2.24) is 15.3 Å². The molecule has 124 valence electrons. The maximum atomic E-state index is 12.8. The number of amides is 1. The van der Waals surface area contributed by atoms with Crippen molar-refractivity contribution in [3.8, 4) is 0 Å². The zero-order valence-corrected chi connectivity index (χ0v) is 13.7. The Morgan fingerprint density at radius 2 is 2.04 bits per heavy atom. The number of halogens is 1. The van der Waals surface area contributed by atoms with E-state index in [9.17, 15) is 9.18 Å². The van der Waals surface area contributed by atoms with Gasteiger partial charge in [0, 0.05) is 12.2 Å². The Hall–Kier alpha value is -2.54. The quantitative estimate of drug-likeness (QED) is 0.474. The SMILES string of the molecule is Nc1ccc2nc(SCC(=O)NCCc3ccc(F)cc3)[nH]c2c1. The molecule has 0 aliphatic carbocycles. The van der Waals surface area contributed by atoms with Gasteiger partial charge in [0.15, 0.2) is 5.16 Å². The van der Waals surface area contributed by atoms with Crippen LogP contribution < -0.4 is 11.1 Å². The molecule has 0 unspecified atom stereocenters. The minimum absolute atomic E-state index is 0.0675. The number of rotatable bonds is 6. The summed E-state index contributed by atoms with van der Waals surface area (Å²) in [6, 6.07) is 11.7. The first-order valence-electron chi connectivity index (χ1n) is 7.49. The summed E-state index contributed by atoms with van der Waals surface area (Å²) in [5.74, 6) is -0.0486. The molecule has 0 fully saturated rings. The van der Waals surface area contributed by atoms with Crippen LogP contribution in [0.1, 0.15) is 5.56 Å². The number of nitrogens with zero attached hydrogens (tertiary/aromatic N) is 1. The topological polar surface area (TPSA) is 83.8 Å². The van der Waals surface area contributed by atoms with E-state index in [1.165, 1.54) is 23.9 Å². The molecular weight excluding hydrogens is 327 g/mol. The van der Waals surface area contributed by atoms with Crippen LogP contribution in [0.25, 0.3) is 11.0 Å². The first-order chi connectivity index (χ1) is 11.6. The zero-order chi connectivity index (χ0) is 16.9. The van der Waals surface area contributed by atoms with Crippen molar-refractivity contribution in [2.24, 2.45) is 0 Å². The molecule has 0 aliphatic rings. The van der Waals surface area contributed by atoms with E-state index in [2.05, 4.69) is 15.3 Å². The fraction of sp³-hybridized carbons (Fsp3) is 0.176. The van der Waals surface area contributed by atoms with Crippen molar-refractivity contribution in [3.63, 3.8) is 0 Å². The number of nitrogens with two attached hydrogens (primary N) is 1. The summed E-state index contributed by atoms with van der Waals surface area (Å²) >= 11 is 1.34. The van der Waals surface area contributed by atoms with Crippen LogP contribution in [0.4, 0.5) is 10.1 Å². The minimum Gasteiger partial charge on any atom is -0.399 e. The van der Waals surface area contributed by atoms with E-state index in [1.54, 1.807) is 18.2 Å². The van der Waals surface area contributed by atoms with Gasteiger partial charge >= 0.3 is 0 Å². The molecule has 5 nitrogen and oxygen atoms in total. The third-order valence-electron chi connectivity index (χ3n) is 3.47. The molecule has 3 rings (SSSR count). The lowest BCUT2D eigenvalue weighted by Crippen LogP contribution is -2.27. The van der Waals surface area contributed by atoms with Crippen molar-refractivity contribution in [3.05, 3.63) is 53.8 Å². The molecule has 0 atom stereocenters. The molecule has 24 heavy (non-hydrogen) atoms. The average molecular weight is 344 g/mol. The number of carbonyl (C=O) groups is 1. The van der Waals surface area contributed by atoms with E-state index in [0.717, 1.165) is 16.6 Å². The second-order valence-electron chi connectivity index (χ2n) is 5.33. The van der Waals surface area contributed by atoms with E-state index in [4.69, 9.17) is 5.73 Å². The molecule has 1 aromatic heterocycles. The van der Waals surface area contributed by atoms with Gasteiger partial charge in [-0.25, -0.2) is 9.37 Å². The second kappa shape index (κ2) is 7.35. The molecule has 1 amide bonds. The number of benzene rings is 2. The van der Waals surface area contributed by atoms with Crippen molar-refractivity contribution < 1.29 is 9.18 Å². The lowest BCUT2D eigenvalue weighted by molar-refractivity contribution is -0.118. The molecule has 1 heterocycles. The van der Waals surface area contributed by atoms with Crippen LogP contribution in [0.3, 0.4) is 0 Å². The van der Waals surface area contributed by atoms with Crippen LogP contribution in [-0.4, -0.2) is 28.2 Å². The number of thioether (sulfide) groups is 1. The van der Waals surface area contributed by atoms with E-state index in [0.29, 0.717) is 23.8 Å². The number of aromatic nitrogens is 2. The fourth-order valence-electron chi connectivity index (χ4n) is 2.25. The number of hydrogen-bond donors (Lipinski definition) is 3. The number of nitrogen functional groups attached to an aromatic ring is 1. The van der Waals surface area contributed by atoms with Gasteiger partial charge in [-0.3, -0.25) is 4.79 Å². The number of aromatic amines is 1. The van der Waals surface area contributed by atoms with Gasteiger partial charge in [-0.1, -0.05) is 23.9 Å². The summed E-state index contributed by atoms with van der Waals surface area (Å²) in [5.41, 5.74) is 9.06. The van der Waals surface area contributed by atoms with E-state index in [1.807, 2.05) is 12.1 Å². The Bertz CT molecular complexity index is 847. The molecule has 0 spiro atoms. The molecule has 0 aliphatic heterocycles. The third kappa shape index (κ3) is 4.26. The minimum atomic E-state index is -0.258. The highest BCUT2D eigenvalue weighted by molar-refractivity contribution is 7.99. The lowest BCUT2D eigenvalue weighted by atomic mass is 10.1. The highest BCUT2D eigenvalue weighted by Crippen LogP contribution is 2.20. The van der Waals surface area contributed by atoms with Gasteiger partial charge in [0.25, 0.3) is 0 Å². The van der Waals surface area contributed by atoms with Crippen LogP contribution >= 0.6 is 11.8 Å². The summed E-state index contributed by atoms with van der Waals surface area (Å²) in [4.78, 5) is 19.4. The van der Waals surface area contributed by atoms with Crippen LogP contribution in [0.15, 0.2) is 47.6 Å². The van der Waals surface area contributed by atoms with Gasteiger partial charge in [0.05, 0.1) is 16.8 Å². The van der Waals surface area contributed by atoms with Gasteiger partial charge in [-0.2, -0.15) is 0 Å². The molecule has 2 aromatic carbocycles. The van der Waals surface area contributed by atoms with Crippen LogP contribution in [0.5, 0.6) is 0 Å². The molecule has 0 saturated carbocycles. The third-order valence-corrected chi connectivity index (χ3v) is 4.35. The molecule has 0 radical (unpaired) electrons. The highest BCUT2D eigenvalue weighted by Gasteiger charge is 2.07. The molecule has 0 bridgehead atoms. The summed E-state index contributed by atoms with van der Waals surface area (Å²) in [6.07, 6.45) is 0.667. The van der Waals surface area contributed by atoms with Gasteiger partial charge in [-0.15, -0.1) is 0 Å². The monoisotopic (exact) mass is 344 g/mol. The first-order valence-corrected chi connectivity index (χ1v) is 8.48. The zero-order valence-electron chi connectivity index (χ0n) is 12.9. The summed E-state index contributed by atoms with van der Waals surface area (Å²) < 4.78 is 12.8. The lowest BCUT2D eigenvalue weighted by Gasteiger charge is -2.04. The normalized spacial score (nSPS) is 10.9. The van der Waals surface area contributed by atoms with Gasteiger partial charge in [-0.05, 0) is 42.3 Å². The smallest absolute Gasteiger partial charge is 0.230 e. The number of fused-ring (bicyclic) bond motifs is 1. The van der Waals surface area contributed by atoms with Crippen LogP contribution in [0, 0.1) is 5.82 Å². The Labute approximate surface area is 142 Å². The average Bonchev–Trinajstić information content (AvgIpc) is 2.97. The predicted octanol–water partition coefficient (Wildman–Crippen LogP) is 2.74. The number of imidazole rings is 1. The molecule has 4 N–H and O–H groups in total. The van der Waals surface area contributed by atoms with Crippen LogP contribution in [-0.2, 0) is 11.2 Å². The highest BCUT2D eigenvalue weighted by atomic mass is 32.2. The van der Waals surface area contributed by atoms with Gasteiger partial charge < -0.3 is 16.0 Å². The summed E-state index contributed by atoms with van der Waals surface area (Å²) in [5, 5.41) is 3.53. The number of hydrogen-bond acceptors (Lipinski definition) is 4. The van der Waals surface area contributed by atoms with Crippen molar-refractivity contribution in [2.45, 2.75) is 11.6 Å². The van der Waals surface area contributed by atoms with Gasteiger partial charge in [0.2, 0.25) is 5.91 Å². The molecule has 3 aromatic rings. The van der Waals surface area contributed by atoms with Crippen LogP contribution in [0.2, 0.25) is 0 Å². The Balaban J connectivity index is 1.45. The van der Waals surface area contributed by atoms with E-state index >= 15 is 0 Å². The first kappa shape index (κ1) is 16.3. The van der Waals surface area contributed by atoms with Crippen molar-refractivity contribution >= 4 is 34.4 Å². The number of nitrogens with one attached hydrogen (secondary N) is 2. The Kier molecular flexibility index (Phi) is 5.00. The standard InChI is InChI=1S/C17H17FN4OS/c18-12-3-1-11(2-4-12)7-8-20-16(23)10-24-17-21-14-6-5-13(19)9-15(14)22-17/h1-6,9H,7-8,10,19H2,(H,20,23)(H,21,22). The maximum absolute atomic E-state index is 12.8. The van der Waals surface area contributed by atoms with E-state index < -0.39 is 0 Å². The number of anilines is 1. The van der Waals surface area contributed by atoms with Gasteiger partial charge in [0.1, 0.15) is 5.82 Å². The van der Waals surface area contributed by atoms with Crippen molar-refractivity contribution in [2.75, 3.05) is 18.0 Å². The molecular formula is C17H17FN4OS. The molecule has 0 saturated heterocycles. The Morgan fingerprint density at radius 1 is 1.25 bits per heavy atom. The predicted molar refractivity (Wildman–Crippen MR) is 94.3 cm³/mol. The fourth-order valence-corrected chi connectivity index (χ4v) is 2.97. The van der Waals surface area contributed by atoms with Crippen molar-refractivity contribution in [1.29, 1.82) is 0 Å². The maximum Gasteiger partial charge on any atom is 0.230 e.